The molecule has 104 valence electrons. The summed E-state index contributed by atoms with van der Waals surface area (Å²) in [5, 5.41) is 10.1. The zero-order valence-corrected chi connectivity index (χ0v) is 11.7. The second kappa shape index (κ2) is 6.37. The fraction of sp³-hybridized carbons (Fsp3) is 0.500. The zero-order chi connectivity index (χ0) is 13.8. The first-order chi connectivity index (χ1) is 9.08. The number of nitrogens with zero attached hydrogens (tertiary/aromatic N) is 1. The minimum Gasteiger partial charge on any atom is -0.480 e. The summed E-state index contributed by atoms with van der Waals surface area (Å²) in [4.78, 5) is 13.4. The van der Waals surface area contributed by atoms with Crippen molar-refractivity contribution >= 4 is 17.6 Å². The van der Waals surface area contributed by atoms with Crippen molar-refractivity contribution in [1.82, 2.24) is 4.90 Å². The lowest BCUT2D eigenvalue weighted by Crippen LogP contribution is -2.48. The van der Waals surface area contributed by atoms with Crippen LogP contribution in [0, 0.1) is 6.92 Å². The van der Waals surface area contributed by atoms with Crippen LogP contribution in [0.5, 0.6) is 0 Å². The summed E-state index contributed by atoms with van der Waals surface area (Å²) < 4.78 is 5.26. The molecule has 0 spiro atoms. The monoisotopic (exact) mass is 283 g/mol. The molecule has 0 saturated carbocycles. The molecule has 1 aromatic rings. The van der Waals surface area contributed by atoms with Crippen molar-refractivity contribution in [2.45, 2.75) is 19.4 Å². The topological polar surface area (TPSA) is 49.8 Å². The molecular weight excluding hydrogens is 266 g/mol. The van der Waals surface area contributed by atoms with Gasteiger partial charge in [-0.15, -0.1) is 0 Å². The van der Waals surface area contributed by atoms with Gasteiger partial charge in [-0.3, -0.25) is 9.69 Å². The third kappa shape index (κ3) is 3.69. The molecule has 1 fully saturated rings. The third-order valence-electron chi connectivity index (χ3n) is 3.44. The fourth-order valence-electron chi connectivity index (χ4n) is 2.25. The second-order valence-corrected chi connectivity index (χ2v) is 5.20. The first-order valence-corrected chi connectivity index (χ1v) is 6.75. The molecule has 0 amide bonds. The molecule has 1 N–H and O–H groups in total. The number of hydrogen-bond acceptors (Lipinski definition) is 3. The van der Waals surface area contributed by atoms with Gasteiger partial charge in [-0.1, -0.05) is 23.7 Å². The number of benzene rings is 1. The Balaban J connectivity index is 2.11. The maximum absolute atomic E-state index is 11.4. The molecule has 0 radical (unpaired) electrons. The molecule has 0 aliphatic carbocycles. The minimum absolute atomic E-state index is 0.468. The van der Waals surface area contributed by atoms with Crippen molar-refractivity contribution in [2.24, 2.45) is 0 Å². The highest BCUT2D eigenvalue weighted by molar-refractivity contribution is 6.31. The lowest BCUT2D eigenvalue weighted by molar-refractivity contribution is -0.145. The van der Waals surface area contributed by atoms with Crippen LogP contribution in [0.4, 0.5) is 0 Å². The Morgan fingerprint density at radius 3 is 2.74 bits per heavy atom. The van der Waals surface area contributed by atoms with E-state index < -0.39 is 12.0 Å². The van der Waals surface area contributed by atoms with E-state index in [4.69, 9.17) is 16.3 Å². The van der Waals surface area contributed by atoms with Crippen molar-refractivity contribution in [1.29, 1.82) is 0 Å². The zero-order valence-electron chi connectivity index (χ0n) is 10.9. The number of carboxylic acids is 1. The van der Waals surface area contributed by atoms with Gasteiger partial charge in [0.05, 0.1) is 13.2 Å². The highest BCUT2D eigenvalue weighted by Gasteiger charge is 2.27. The summed E-state index contributed by atoms with van der Waals surface area (Å²) in [7, 11) is 0. The SMILES string of the molecule is Cc1ccc(C[C@@H](C(=O)O)N2CCOCC2)cc1Cl. The highest BCUT2D eigenvalue weighted by Crippen LogP contribution is 2.19. The first kappa shape index (κ1) is 14.3. The molecule has 0 bridgehead atoms. The van der Waals surface area contributed by atoms with E-state index in [1.54, 1.807) is 0 Å². The Bertz CT molecular complexity index is 458. The lowest BCUT2D eigenvalue weighted by Gasteiger charge is -2.32. The Kier molecular flexibility index (Phi) is 4.80. The van der Waals surface area contributed by atoms with Crippen molar-refractivity contribution in [2.75, 3.05) is 26.3 Å². The molecule has 0 unspecified atom stereocenters. The Labute approximate surface area is 117 Å². The van der Waals surface area contributed by atoms with Crippen LogP contribution in [0.2, 0.25) is 5.02 Å². The summed E-state index contributed by atoms with van der Waals surface area (Å²) in [6.45, 7) is 4.45. The number of aliphatic carboxylic acids is 1. The smallest absolute Gasteiger partial charge is 0.321 e. The van der Waals surface area contributed by atoms with Gasteiger partial charge in [0.2, 0.25) is 0 Å². The van der Waals surface area contributed by atoms with Gasteiger partial charge in [-0.25, -0.2) is 0 Å². The molecule has 1 saturated heterocycles. The van der Waals surface area contributed by atoms with E-state index in [2.05, 4.69) is 0 Å². The molecule has 1 aliphatic heterocycles. The van der Waals surface area contributed by atoms with Gasteiger partial charge in [-0.2, -0.15) is 0 Å². The van der Waals surface area contributed by atoms with E-state index in [-0.39, 0.29) is 0 Å². The van der Waals surface area contributed by atoms with Gasteiger partial charge in [0.1, 0.15) is 6.04 Å². The molecule has 4 nitrogen and oxygen atoms in total. The number of carboxylic acid groups (broad SMARTS) is 1. The van der Waals surface area contributed by atoms with E-state index in [9.17, 15) is 9.90 Å². The van der Waals surface area contributed by atoms with Crippen molar-refractivity contribution < 1.29 is 14.6 Å². The normalized spacial score (nSPS) is 18.2. The van der Waals surface area contributed by atoms with Crippen molar-refractivity contribution in [3.8, 4) is 0 Å². The Morgan fingerprint density at radius 1 is 1.47 bits per heavy atom. The second-order valence-electron chi connectivity index (χ2n) is 4.79. The van der Waals surface area contributed by atoms with Crippen LogP contribution in [0.25, 0.3) is 0 Å². The molecular formula is C14H18ClNO3. The van der Waals surface area contributed by atoms with Crippen molar-refractivity contribution in [3.63, 3.8) is 0 Å². The van der Waals surface area contributed by atoms with Crippen LogP contribution in [0.3, 0.4) is 0 Å². The lowest BCUT2D eigenvalue weighted by atomic mass is 10.0. The molecule has 0 aromatic heterocycles. The largest absolute Gasteiger partial charge is 0.480 e. The number of ether oxygens (including phenoxy) is 1. The summed E-state index contributed by atoms with van der Waals surface area (Å²) in [6, 6.07) is 5.21. The maximum atomic E-state index is 11.4. The molecule has 19 heavy (non-hydrogen) atoms. The predicted molar refractivity (Wildman–Crippen MR) is 73.7 cm³/mol. The van der Waals surface area contributed by atoms with Crippen LogP contribution in [-0.2, 0) is 16.0 Å². The average Bonchev–Trinajstić information content (AvgIpc) is 2.40. The van der Waals surface area contributed by atoms with Crippen LogP contribution in [0.15, 0.2) is 18.2 Å². The Hall–Kier alpha value is -1.10. The Morgan fingerprint density at radius 2 is 2.16 bits per heavy atom. The van der Waals surface area contributed by atoms with Crippen molar-refractivity contribution in [3.05, 3.63) is 34.3 Å². The third-order valence-corrected chi connectivity index (χ3v) is 3.84. The maximum Gasteiger partial charge on any atom is 0.321 e. The van der Waals surface area contributed by atoms with Gasteiger partial charge in [0.15, 0.2) is 0 Å². The summed E-state index contributed by atoms with van der Waals surface area (Å²) in [6.07, 6.45) is 0.468. The number of hydrogen-bond donors (Lipinski definition) is 1. The number of aryl methyl sites for hydroxylation is 1. The van der Waals surface area contributed by atoms with Crippen LogP contribution in [0.1, 0.15) is 11.1 Å². The number of morpholine rings is 1. The minimum atomic E-state index is -0.793. The van der Waals surface area contributed by atoms with E-state index in [1.807, 2.05) is 30.0 Å². The van der Waals surface area contributed by atoms with Gasteiger partial charge in [0.25, 0.3) is 0 Å². The van der Waals surface area contributed by atoms with Crippen LogP contribution in [-0.4, -0.2) is 48.3 Å². The van der Waals surface area contributed by atoms with Crippen LogP contribution < -0.4 is 0 Å². The first-order valence-electron chi connectivity index (χ1n) is 6.37. The number of carbonyl (C=O) groups is 1. The highest BCUT2D eigenvalue weighted by atomic mass is 35.5. The predicted octanol–water partition coefficient (Wildman–Crippen LogP) is 1.98. The van der Waals surface area contributed by atoms with E-state index in [0.29, 0.717) is 37.7 Å². The summed E-state index contributed by atoms with van der Waals surface area (Å²) in [5.74, 6) is -0.793. The molecule has 2 rings (SSSR count). The standard InChI is InChI=1S/C14H18ClNO3/c1-10-2-3-11(8-12(10)15)9-13(14(17)18)16-4-6-19-7-5-16/h2-3,8,13H,4-7,9H2,1H3,(H,17,18)/t13-/m0/s1. The van der Waals surface area contributed by atoms with E-state index in [0.717, 1.165) is 11.1 Å². The van der Waals surface area contributed by atoms with Gasteiger partial charge in [-0.05, 0) is 30.5 Å². The summed E-state index contributed by atoms with van der Waals surface area (Å²) in [5.41, 5.74) is 1.96. The quantitative estimate of drug-likeness (QED) is 0.918. The molecule has 1 heterocycles. The molecule has 1 aromatic carbocycles. The number of rotatable bonds is 4. The fourth-order valence-corrected chi connectivity index (χ4v) is 2.45. The van der Waals surface area contributed by atoms with E-state index >= 15 is 0 Å². The van der Waals surface area contributed by atoms with Gasteiger partial charge in [0, 0.05) is 18.1 Å². The average molecular weight is 284 g/mol. The molecule has 1 atom stereocenters. The van der Waals surface area contributed by atoms with Gasteiger partial charge < -0.3 is 9.84 Å². The van der Waals surface area contributed by atoms with E-state index in [1.165, 1.54) is 0 Å². The summed E-state index contributed by atoms with van der Waals surface area (Å²) >= 11 is 6.08. The molecule has 1 aliphatic rings. The van der Waals surface area contributed by atoms with Gasteiger partial charge >= 0.3 is 5.97 Å². The van der Waals surface area contributed by atoms with Crippen LogP contribution >= 0.6 is 11.6 Å². The number of halogens is 1. The molecule has 5 heteroatoms.